The lowest BCUT2D eigenvalue weighted by Gasteiger charge is -2.11. The minimum absolute atomic E-state index is 0.339. The fourth-order valence-corrected chi connectivity index (χ4v) is 2.80. The molecule has 2 heterocycles. The van der Waals surface area contributed by atoms with E-state index in [-0.39, 0.29) is 0 Å². The van der Waals surface area contributed by atoms with Gasteiger partial charge < -0.3 is 5.32 Å². The number of alkyl halides is 3. The van der Waals surface area contributed by atoms with Crippen molar-refractivity contribution >= 4 is 22.5 Å². The van der Waals surface area contributed by atoms with Gasteiger partial charge in [-0.25, -0.2) is 9.97 Å². The minimum atomic E-state index is -4.40. The number of nitriles is 1. The molecule has 0 radical (unpaired) electrons. The number of hydrogen-bond acceptors (Lipinski definition) is 4. The third-order valence-electron chi connectivity index (χ3n) is 4.13. The van der Waals surface area contributed by atoms with Crippen LogP contribution >= 0.6 is 0 Å². The normalized spacial score (nSPS) is 11.4. The standard InChI is InChI=1S/C20H12F3N5/c21-20(22,23)14-5-7-15(8-6-14)26-18-9-13(11-24)10-19(27-18)28-12-25-16-3-1-2-4-17(16)28/h1-10,12H,(H,26,27). The second-order valence-corrected chi connectivity index (χ2v) is 6.01. The molecule has 0 unspecified atom stereocenters. The Morgan fingerprint density at radius 3 is 2.46 bits per heavy atom. The van der Waals surface area contributed by atoms with Gasteiger partial charge in [0.15, 0.2) is 0 Å². The quantitative estimate of drug-likeness (QED) is 0.541. The van der Waals surface area contributed by atoms with E-state index in [1.54, 1.807) is 17.0 Å². The van der Waals surface area contributed by atoms with Gasteiger partial charge in [-0.15, -0.1) is 0 Å². The molecule has 0 fully saturated rings. The van der Waals surface area contributed by atoms with Gasteiger partial charge in [0, 0.05) is 5.69 Å². The number of aromatic nitrogens is 3. The Balaban J connectivity index is 1.71. The van der Waals surface area contributed by atoms with Crippen LogP contribution < -0.4 is 5.32 Å². The van der Waals surface area contributed by atoms with Crippen LogP contribution in [0.5, 0.6) is 0 Å². The molecule has 28 heavy (non-hydrogen) atoms. The molecule has 0 saturated carbocycles. The lowest BCUT2D eigenvalue weighted by atomic mass is 10.2. The van der Waals surface area contributed by atoms with E-state index >= 15 is 0 Å². The predicted octanol–water partition coefficient (Wildman–Crippen LogP) is 5.05. The highest BCUT2D eigenvalue weighted by Crippen LogP contribution is 2.30. The molecule has 0 spiro atoms. The van der Waals surface area contributed by atoms with E-state index in [4.69, 9.17) is 0 Å². The van der Waals surface area contributed by atoms with E-state index in [0.717, 1.165) is 23.2 Å². The Morgan fingerprint density at radius 1 is 1.00 bits per heavy atom. The Bertz CT molecular complexity index is 1190. The van der Waals surface area contributed by atoms with Crippen LogP contribution in [-0.2, 0) is 6.18 Å². The van der Waals surface area contributed by atoms with Crippen LogP contribution in [0.15, 0.2) is 67.0 Å². The maximum Gasteiger partial charge on any atom is 0.416 e. The van der Waals surface area contributed by atoms with Gasteiger partial charge in [-0.2, -0.15) is 18.4 Å². The zero-order chi connectivity index (χ0) is 19.7. The average molecular weight is 379 g/mol. The van der Waals surface area contributed by atoms with Gasteiger partial charge in [0.1, 0.15) is 18.0 Å². The molecule has 5 nitrogen and oxygen atoms in total. The summed E-state index contributed by atoms with van der Waals surface area (Å²) in [6.45, 7) is 0. The maximum absolute atomic E-state index is 12.7. The molecule has 0 aliphatic carbocycles. The lowest BCUT2D eigenvalue weighted by Crippen LogP contribution is -2.05. The smallest absolute Gasteiger partial charge is 0.340 e. The second kappa shape index (κ2) is 6.70. The van der Waals surface area contributed by atoms with Crippen molar-refractivity contribution in [2.24, 2.45) is 0 Å². The van der Waals surface area contributed by atoms with Crippen molar-refractivity contribution in [3.63, 3.8) is 0 Å². The number of fused-ring (bicyclic) bond motifs is 1. The number of rotatable bonds is 3. The predicted molar refractivity (Wildman–Crippen MR) is 98.3 cm³/mol. The molecular formula is C20H12F3N5. The van der Waals surface area contributed by atoms with Gasteiger partial charge in [-0.05, 0) is 48.5 Å². The molecule has 0 aliphatic heterocycles. The number of imidazole rings is 1. The van der Waals surface area contributed by atoms with Crippen molar-refractivity contribution in [1.82, 2.24) is 14.5 Å². The highest BCUT2D eigenvalue weighted by molar-refractivity contribution is 5.77. The zero-order valence-electron chi connectivity index (χ0n) is 14.3. The average Bonchev–Trinajstić information content (AvgIpc) is 3.11. The summed E-state index contributed by atoms with van der Waals surface area (Å²) in [6, 6.07) is 17.3. The van der Waals surface area contributed by atoms with Crippen molar-refractivity contribution in [3.05, 3.63) is 78.1 Å². The van der Waals surface area contributed by atoms with E-state index in [1.807, 2.05) is 24.3 Å². The summed E-state index contributed by atoms with van der Waals surface area (Å²) in [5.41, 5.74) is 1.66. The molecule has 2 aromatic carbocycles. The van der Waals surface area contributed by atoms with Crippen LogP contribution in [0.1, 0.15) is 11.1 Å². The van der Waals surface area contributed by atoms with Gasteiger partial charge in [-0.3, -0.25) is 4.57 Å². The highest BCUT2D eigenvalue weighted by atomic mass is 19.4. The Hall–Kier alpha value is -3.86. The first kappa shape index (κ1) is 17.5. The molecule has 8 heteroatoms. The van der Waals surface area contributed by atoms with Crippen LogP contribution in [-0.4, -0.2) is 14.5 Å². The molecule has 4 rings (SSSR count). The summed E-state index contributed by atoms with van der Waals surface area (Å²) in [5.74, 6) is 0.814. The summed E-state index contributed by atoms with van der Waals surface area (Å²) in [6.07, 6.45) is -2.79. The van der Waals surface area contributed by atoms with E-state index in [9.17, 15) is 18.4 Å². The third kappa shape index (κ3) is 3.38. The number of anilines is 2. The summed E-state index contributed by atoms with van der Waals surface area (Å²) in [4.78, 5) is 8.79. The lowest BCUT2D eigenvalue weighted by molar-refractivity contribution is -0.137. The van der Waals surface area contributed by atoms with Crippen LogP contribution in [0, 0.1) is 11.3 Å². The number of pyridine rings is 1. The number of hydrogen-bond donors (Lipinski definition) is 1. The molecule has 0 atom stereocenters. The second-order valence-electron chi connectivity index (χ2n) is 6.01. The molecule has 0 amide bonds. The minimum Gasteiger partial charge on any atom is -0.340 e. The topological polar surface area (TPSA) is 66.5 Å². The number of halogens is 3. The molecule has 0 bridgehead atoms. The van der Waals surface area contributed by atoms with Crippen molar-refractivity contribution in [2.75, 3.05) is 5.32 Å². The monoisotopic (exact) mass is 379 g/mol. The van der Waals surface area contributed by atoms with Crippen molar-refractivity contribution < 1.29 is 13.2 Å². The van der Waals surface area contributed by atoms with Gasteiger partial charge in [0.05, 0.1) is 28.2 Å². The fourth-order valence-electron chi connectivity index (χ4n) is 2.80. The Labute approximate surface area is 157 Å². The largest absolute Gasteiger partial charge is 0.416 e. The van der Waals surface area contributed by atoms with Gasteiger partial charge >= 0.3 is 6.18 Å². The van der Waals surface area contributed by atoms with Crippen molar-refractivity contribution in [1.29, 1.82) is 5.26 Å². The van der Waals surface area contributed by atoms with Crippen LogP contribution in [0.2, 0.25) is 0 Å². The number of benzene rings is 2. The Kier molecular flexibility index (Phi) is 4.20. The van der Waals surface area contributed by atoms with E-state index < -0.39 is 11.7 Å². The SMILES string of the molecule is N#Cc1cc(Nc2ccc(C(F)(F)F)cc2)nc(-n2cnc3ccccc32)c1. The van der Waals surface area contributed by atoms with Crippen molar-refractivity contribution in [3.8, 4) is 11.9 Å². The molecule has 138 valence electrons. The Morgan fingerprint density at radius 2 is 1.75 bits per heavy atom. The summed E-state index contributed by atoms with van der Waals surface area (Å²) >= 11 is 0. The zero-order valence-corrected chi connectivity index (χ0v) is 14.3. The first-order valence-corrected chi connectivity index (χ1v) is 8.23. The number of para-hydroxylation sites is 2. The molecule has 4 aromatic rings. The molecule has 1 N–H and O–H groups in total. The molecule has 2 aromatic heterocycles. The maximum atomic E-state index is 12.7. The summed E-state index contributed by atoms with van der Waals surface area (Å²) < 4.78 is 39.9. The van der Waals surface area contributed by atoms with Gasteiger partial charge in [0.25, 0.3) is 0 Å². The molecule has 0 saturated heterocycles. The van der Waals surface area contributed by atoms with Crippen molar-refractivity contribution in [2.45, 2.75) is 6.18 Å². The van der Waals surface area contributed by atoms with E-state index in [1.165, 1.54) is 18.2 Å². The van der Waals surface area contributed by atoms with Gasteiger partial charge in [0.2, 0.25) is 0 Å². The highest BCUT2D eigenvalue weighted by Gasteiger charge is 2.29. The van der Waals surface area contributed by atoms with Gasteiger partial charge in [-0.1, -0.05) is 12.1 Å². The van der Waals surface area contributed by atoms with Crippen LogP contribution in [0.3, 0.4) is 0 Å². The number of nitrogens with one attached hydrogen (secondary N) is 1. The van der Waals surface area contributed by atoms with Crippen LogP contribution in [0.4, 0.5) is 24.7 Å². The summed E-state index contributed by atoms with van der Waals surface area (Å²) in [7, 11) is 0. The van der Waals surface area contributed by atoms with E-state index in [0.29, 0.717) is 22.9 Å². The third-order valence-corrected chi connectivity index (χ3v) is 4.13. The summed E-state index contributed by atoms with van der Waals surface area (Å²) in [5, 5.41) is 12.3. The number of nitrogens with zero attached hydrogens (tertiary/aromatic N) is 4. The first-order chi connectivity index (χ1) is 13.4. The first-order valence-electron chi connectivity index (χ1n) is 8.23. The van der Waals surface area contributed by atoms with E-state index in [2.05, 4.69) is 21.4 Å². The molecular weight excluding hydrogens is 367 g/mol. The molecule has 0 aliphatic rings. The fraction of sp³-hybridized carbons (Fsp3) is 0.0500. The van der Waals surface area contributed by atoms with Crippen LogP contribution in [0.25, 0.3) is 16.9 Å².